The molecule has 2 aliphatic heterocycles. The van der Waals surface area contributed by atoms with Crippen molar-refractivity contribution in [3.8, 4) is 11.5 Å². The lowest BCUT2D eigenvalue weighted by atomic mass is 10.0. The third kappa shape index (κ3) is 4.32. The normalized spacial score (nSPS) is 19.9. The number of benzene rings is 1. The maximum Gasteiger partial charge on any atom is 0.325 e. The Morgan fingerprint density at radius 3 is 2.63 bits per heavy atom. The Bertz CT molecular complexity index is 749. The van der Waals surface area contributed by atoms with E-state index in [4.69, 9.17) is 9.47 Å². The van der Waals surface area contributed by atoms with Gasteiger partial charge in [-0.1, -0.05) is 19.9 Å². The molecule has 1 fully saturated rings. The smallest absolute Gasteiger partial charge is 0.325 e. The molecule has 4 amide bonds. The Morgan fingerprint density at radius 2 is 1.93 bits per heavy atom. The first-order valence-corrected chi connectivity index (χ1v) is 9.16. The molecule has 0 aliphatic carbocycles. The molecule has 8 nitrogen and oxygen atoms in total. The fraction of sp³-hybridized carbons (Fsp3) is 0.526. The third-order valence-corrected chi connectivity index (χ3v) is 4.56. The minimum absolute atomic E-state index is 0.267. The quantitative estimate of drug-likeness (QED) is 0.736. The number of nitrogens with one attached hydrogen (secondary N) is 2. The maximum atomic E-state index is 12.4. The molecule has 2 N–H and O–H groups in total. The molecule has 2 heterocycles. The van der Waals surface area contributed by atoms with E-state index < -0.39 is 18.0 Å². The monoisotopic (exact) mass is 375 g/mol. The van der Waals surface area contributed by atoms with Gasteiger partial charge >= 0.3 is 6.03 Å². The number of imide groups is 1. The van der Waals surface area contributed by atoms with E-state index in [1.165, 1.54) is 0 Å². The van der Waals surface area contributed by atoms with E-state index in [-0.39, 0.29) is 24.4 Å². The molecule has 0 bridgehead atoms. The van der Waals surface area contributed by atoms with Crippen molar-refractivity contribution in [2.24, 2.45) is 5.92 Å². The molecule has 0 saturated carbocycles. The summed E-state index contributed by atoms with van der Waals surface area (Å²) in [5.74, 6) is 0.842. The van der Waals surface area contributed by atoms with E-state index in [2.05, 4.69) is 10.6 Å². The highest BCUT2D eigenvalue weighted by Gasteiger charge is 2.39. The maximum absolute atomic E-state index is 12.4. The lowest BCUT2D eigenvalue weighted by molar-refractivity contribution is -0.132. The summed E-state index contributed by atoms with van der Waals surface area (Å²) >= 11 is 0. The third-order valence-electron chi connectivity index (χ3n) is 4.56. The van der Waals surface area contributed by atoms with E-state index >= 15 is 0 Å². The summed E-state index contributed by atoms with van der Waals surface area (Å²) in [7, 11) is 0. The highest BCUT2D eigenvalue weighted by atomic mass is 16.6. The molecule has 0 spiro atoms. The number of hydrogen-bond donors (Lipinski definition) is 2. The zero-order valence-corrected chi connectivity index (χ0v) is 15.8. The van der Waals surface area contributed by atoms with Gasteiger partial charge in [0, 0.05) is 0 Å². The Balaban J connectivity index is 1.59. The first-order chi connectivity index (χ1) is 12.8. The standard InChI is InChI=1S/C19H25N3O5/c1-11(2)8-14-18(24)22(19(25)21-14)10-17(23)20-12(3)13-4-5-15-16(9-13)27-7-6-26-15/h4-5,9,11-12,14H,6-8,10H2,1-3H3,(H,20,23)(H,21,25). The molecule has 0 radical (unpaired) electrons. The minimum atomic E-state index is -0.555. The second-order valence-electron chi connectivity index (χ2n) is 7.25. The van der Waals surface area contributed by atoms with Crippen LogP contribution in [0, 0.1) is 5.92 Å². The summed E-state index contributed by atoms with van der Waals surface area (Å²) in [5.41, 5.74) is 0.850. The number of amides is 4. The van der Waals surface area contributed by atoms with Crippen molar-refractivity contribution in [3.63, 3.8) is 0 Å². The fourth-order valence-electron chi connectivity index (χ4n) is 3.20. The Labute approximate surface area is 158 Å². The summed E-state index contributed by atoms with van der Waals surface area (Å²) in [5, 5.41) is 5.45. The number of carbonyl (C=O) groups excluding carboxylic acids is 3. The molecular formula is C19H25N3O5. The van der Waals surface area contributed by atoms with Gasteiger partial charge in [-0.05, 0) is 37.0 Å². The van der Waals surface area contributed by atoms with Crippen LogP contribution >= 0.6 is 0 Å². The van der Waals surface area contributed by atoms with Gasteiger partial charge in [0.05, 0.1) is 6.04 Å². The molecule has 8 heteroatoms. The van der Waals surface area contributed by atoms with Crippen molar-refractivity contribution in [1.29, 1.82) is 0 Å². The predicted octanol–water partition coefficient (Wildman–Crippen LogP) is 1.60. The number of ether oxygens (including phenoxy) is 2. The summed E-state index contributed by atoms with van der Waals surface area (Å²) in [6.45, 7) is 6.49. The number of carbonyl (C=O) groups is 3. The number of rotatable bonds is 6. The second kappa shape index (κ2) is 7.85. The zero-order valence-electron chi connectivity index (χ0n) is 15.8. The molecule has 2 unspecified atom stereocenters. The van der Waals surface area contributed by atoms with Gasteiger partial charge in [-0.3, -0.25) is 14.5 Å². The first kappa shape index (κ1) is 19.0. The summed E-state index contributed by atoms with van der Waals surface area (Å²) in [4.78, 5) is 37.7. The fourth-order valence-corrected chi connectivity index (χ4v) is 3.20. The Morgan fingerprint density at radius 1 is 1.22 bits per heavy atom. The van der Waals surface area contributed by atoms with Gasteiger partial charge in [0.25, 0.3) is 5.91 Å². The minimum Gasteiger partial charge on any atom is -0.486 e. The van der Waals surface area contributed by atoms with Crippen molar-refractivity contribution in [2.45, 2.75) is 39.3 Å². The molecule has 1 aromatic rings. The van der Waals surface area contributed by atoms with Crippen molar-refractivity contribution >= 4 is 17.8 Å². The molecule has 3 rings (SSSR count). The highest BCUT2D eigenvalue weighted by Crippen LogP contribution is 2.32. The van der Waals surface area contributed by atoms with E-state index in [0.717, 1.165) is 10.5 Å². The van der Waals surface area contributed by atoms with Gasteiger partial charge in [0.1, 0.15) is 25.8 Å². The molecule has 2 aliphatic rings. The zero-order chi connectivity index (χ0) is 19.6. The van der Waals surface area contributed by atoms with Gasteiger partial charge in [-0.25, -0.2) is 4.79 Å². The number of urea groups is 1. The van der Waals surface area contributed by atoms with Crippen LogP contribution in [0.4, 0.5) is 4.79 Å². The topological polar surface area (TPSA) is 97.0 Å². The van der Waals surface area contributed by atoms with E-state index in [0.29, 0.717) is 31.1 Å². The summed E-state index contributed by atoms with van der Waals surface area (Å²) < 4.78 is 11.0. The molecule has 27 heavy (non-hydrogen) atoms. The largest absolute Gasteiger partial charge is 0.486 e. The predicted molar refractivity (Wildman–Crippen MR) is 97.5 cm³/mol. The lowest BCUT2D eigenvalue weighted by Crippen LogP contribution is -2.41. The van der Waals surface area contributed by atoms with Crippen LogP contribution in [0.2, 0.25) is 0 Å². The van der Waals surface area contributed by atoms with E-state index in [1.807, 2.05) is 32.9 Å². The molecule has 2 atom stereocenters. The molecule has 1 aromatic carbocycles. The van der Waals surface area contributed by atoms with E-state index in [9.17, 15) is 14.4 Å². The first-order valence-electron chi connectivity index (χ1n) is 9.16. The van der Waals surface area contributed by atoms with Gasteiger partial charge in [-0.15, -0.1) is 0 Å². The molecular weight excluding hydrogens is 350 g/mol. The Hall–Kier alpha value is -2.77. The summed E-state index contributed by atoms with van der Waals surface area (Å²) in [6, 6.07) is 4.10. The molecule has 146 valence electrons. The second-order valence-corrected chi connectivity index (χ2v) is 7.25. The van der Waals surface area contributed by atoms with Crippen molar-refractivity contribution in [2.75, 3.05) is 19.8 Å². The van der Waals surface area contributed by atoms with Crippen LogP contribution < -0.4 is 20.1 Å². The van der Waals surface area contributed by atoms with Gasteiger partial charge < -0.3 is 20.1 Å². The molecule has 0 aromatic heterocycles. The van der Waals surface area contributed by atoms with Crippen LogP contribution in [-0.2, 0) is 9.59 Å². The number of nitrogens with zero attached hydrogens (tertiary/aromatic N) is 1. The van der Waals surface area contributed by atoms with Crippen molar-refractivity contribution in [3.05, 3.63) is 23.8 Å². The van der Waals surface area contributed by atoms with Crippen molar-refractivity contribution in [1.82, 2.24) is 15.5 Å². The Kier molecular flexibility index (Phi) is 5.53. The van der Waals surface area contributed by atoms with Crippen LogP contribution in [0.5, 0.6) is 11.5 Å². The van der Waals surface area contributed by atoms with Crippen LogP contribution in [0.15, 0.2) is 18.2 Å². The van der Waals surface area contributed by atoms with Crippen LogP contribution in [-0.4, -0.2) is 48.5 Å². The highest BCUT2D eigenvalue weighted by molar-refractivity contribution is 6.06. The van der Waals surface area contributed by atoms with Gasteiger partial charge in [-0.2, -0.15) is 0 Å². The van der Waals surface area contributed by atoms with Gasteiger partial charge in [0.15, 0.2) is 11.5 Å². The number of fused-ring (bicyclic) bond motifs is 1. The molecule has 1 saturated heterocycles. The van der Waals surface area contributed by atoms with Crippen LogP contribution in [0.1, 0.15) is 38.8 Å². The average Bonchev–Trinajstić information content (AvgIpc) is 2.88. The SMILES string of the molecule is CC(C)CC1NC(=O)N(CC(=O)NC(C)c2ccc3c(c2)OCCO3)C1=O. The average molecular weight is 375 g/mol. The van der Waals surface area contributed by atoms with Crippen molar-refractivity contribution < 1.29 is 23.9 Å². The lowest BCUT2D eigenvalue weighted by Gasteiger charge is -2.21. The number of hydrogen-bond acceptors (Lipinski definition) is 5. The summed E-state index contributed by atoms with van der Waals surface area (Å²) in [6.07, 6.45) is 0.552. The van der Waals surface area contributed by atoms with Gasteiger partial charge in [0.2, 0.25) is 5.91 Å². The van der Waals surface area contributed by atoms with E-state index in [1.54, 1.807) is 6.07 Å². The van der Waals surface area contributed by atoms with Crippen LogP contribution in [0.3, 0.4) is 0 Å². The van der Waals surface area contributed by atoms with Crippen LogP contribution in [0.25, 0.3) is 0 Å².